The summed E-state index contributed by atoms with van der Waals surface area (Å²) in [5, 5.41) is 4.84. The van der Waals surface area contributed by atoms with Crippen molar-refractivity contribution < 1.29 is 4.42 Å². The monoisotopic (exact) mass is 832 g/mol. The lowest BCUT2D eigenvalue weighted by Gasteiger charge is -2.30. The zero-order chi connectivity index (χ0) is 42.4. The lowest BCUT2D eigenvalue weighted by Crippen LogP contribution is -2.28. The van der Waals surface area contributed by atoms with Gasteiger partial charge in [0.25, 0.3) is 0 Å². The fourth-order valence-electron chi connectivity index (χ4n) is 10.2. The molecule has 0 aliphatic carbocycles. The number of para-hydroxylation sites is 1. The number of aliphatic imine (C=N–C) groups is 2. The van der Waals surface area contributed by atoms with Crippen LogP contribution in [0.2, 0.25) is 0 Å². The van der Waals surface area contributed by atoms with Gasteiger partial charge in [0, 0.05) is 48.0 Å². The van der Waals surface area contributed by atoms with Crippen molar-refractivity contribution in [3.05, 3.63) is 215 Å². The van der Waals surface area contributed by atoms with Crippen LogP contribution in [0, 0.1) is 12.8 Å². The van der Waals surface area contributed by atoms with Crippen molar-refractivity contribution in [2.24, 2.45) is 15.9 Å². The molecule has 3 heterocycles. The van der Waals surface area contributed by atoms with Crippen molar-refractivity contribution in [1.29, 1.82) is 0 Å². The molecule has 0 saturated heterocycles. The first-order valence-corrected chi connectivity index (χ1v) is 23.2. The number of amidine groups is 1. The van der Waals surface area contributed by atoms with Gasteiger partial charge in [-0.2, -0.15) is 0 Å². The van der Waals surface area contributed by atoms with Gasteiger partial charge in [-0.25, -0.2) is 4.99 Å². The number of benzene rings is 8. The van der Waals surface area contributed by atoms with Crippen molar-refractivity contribution in [1.82, 2.24) is 0 Å². The highest BCUT2D eigenvalue weighted by atomic mass is 32.1. The van der Waals surface area contributed by atoms with E-state index in [0.717, 1.165) is 69.4 Å². The highest BCUT2D eigenvalue weighted by molar-refractivity contribution is 7.25. The van der Waals surface area contributed by atoms with Crippen molar-refractivity contribution in [2.75, 3.05) is 0 Å². The number of rotatable bonds is 10. The molecule has 3 nitrogen and oxygen atoms in total. The van der Waals surface area contributed by atoms with Gasteiger partial charge in [-0.1, -0.05) is 178 Å². The summed E-state index contributed by atoms with van der Waals surface area (Å²) < 4.78 is 9.70. The predicted molar refractivity (Wildman–Crippen MR) is 268 cm³/mol. The van der Waals surface area contributed by atoms with Crippen molar-refractivity contribution >= 4 is 65.0 Å². The van der Waals surface area contributed by atoms with Gasteiger partial charge in [-0.05, 0) is 94.8 Å². The van der Waals surface area contributed by atoms with E-state index in [9.17, 15) is 0 Å². The molecule has 11 rings (SSSR count). The fourth-order valence-corrected chi connectivity index (χ4v) is 11.4. The number of aryl methyl sites for hydroxylation is 1. The summed E-state index contributed by atoms with van der Waals surface area (Å²) >= 11 is 1.85. The Morgan fingerprint density at radius 1 is 0.587 bits per heavy atom. The predicted octanol–water partition coefficient (Wildman–Crippen LogP) is 16.3. The summed E-state index contributed by atoms with van der Waals surface area (Å²) in [7, 11) is 0. The largest absolute Gasteiger partial charge is 0.455 e. The van der Waals surface area contributed by atoms with Gasteiger partial charge in [-0.15, -0.1) is 11.3 Å². The Kier molecular flexibility index (Phi) is 10.2. The van der Waals surface area contributed by atoms with Crippen LogP contribution in [-0.4, -0.2) is 11.5 Å². The molecule has 0 fully saturated rings. The minimum Gasteiger partial charge on any atom is -0.455 e. The molecular weight excluding hydrogens is 785 g/mol. The third-order valence-corrected chi connectivity index (χ3v) is 14.4. The van der Waals surface area contributed by atoms with E-state index in [0.29, 0.717) is 0 Å². The van der Waals surface area contributed by atoms with Crippen LogP contribution in [0.4, 0.5) is 0 Å². The molecule has 0 spiro atoms. The number of hydrogen-bond donors (Lipinski definition) is 0. The first kappa shape index (κ1) is 39.0. The van der Waals surface area contributed by atoms with Gasteiger partial charge >= 0.3 is 0 Å². The smallest absolute Gasteiger partial charge is 0.155 e. The van der Waals surface area contributed by atoms with Gasteiger partial charge < -0.3 is 4.42 Å². The molecule has 1 aliphatic rings. The molecule has 3 atom stereocenters. The molecule has 0 amide bonds. The van der Waals surface area contributed by atoms with Gasteiger partial charge in [-0.3, -0.25) is 4.99 Å². The van der Waals surface area contributed by atoms with E-state index in [4.69, 9.17) is 14.4 Å². The molecule has 0 N–H and O–H groups in total. The fraction of sp³-hybridized carbons (Fsp3) is 0.153. The lowest BCUT2D eigenvalue weighted by molar-refractivity contribution is 0.535. The number of hydrogen-bond acceptors (Lipinski definition) is 4. The molecule has 4 heteroatoms. The average molecular weight is 833 g/mol. The Morgan fingerprint density at radius 2 is 1.25 bits per heavy atom. The van der Waals surface area contributed by atoms with Crippen LogP contribution in [0.15, 0.2) is 196 Å². The van der Waals surface area contributed by atoms with E-state index in [-0.39, 0.29) is 17.9 Å². The Morgan fingerprint density at radius 3 is 2.06 bits per heavy atom. The van der Waals surface area contributed by atoms with Crippen LogP contribution in [0.3, 0.4) is 0 Å². The van der Waals surface area contributed by atoms with Gasteiger partial charge in [0.15, 0.2) is 5.84 Å². The molecule has 1 aliphatic heterocycles. The van der Waals surface area contributed by atoms with E-state index < -0.39 is 0 Å². The van der Waals surface area contributed by atoms with Crippen LogP contribution in [0.1, 0.15) is 72.0 Å². The summed E-state index contributed by atoms with van der Waals surface area (Å²) in [5.74, 6) is 1.10. The second-order valence-electron chi connectivity index (χ2n) is 17.0. The molecule has 8 aromatic carbocycles. The second-order valence-corrected chi connectivity index (χ2v) is 18.0. The molecule has 0 radical (unpaired) electrons. The number of fused-ring (bicyclic) bond motifs is 6. The first-order chi connectivity index (χ1) is 31.1. The number of thiophene rings is 1. The second kappa shape index (κ2) is 16.4. The minimum atomic E-state index is -0.181. The summed E-state index contributed by atoms with van der Waals surface area (Å²) in [6, 6.07) is 65.8. The maximum Gasteiger partial charge on any atom is 0.155 e. The van der Waals surface area contributed by atoms with Crippen LogP contribution in [-0.2, 0) is 6.42 Å². The third kappa shape index (κ3) is 6.90. The van der Waals surface area contributed by atoms with Gasteiger partial charge in [0.1, 0.15) is 11.2 Å². The molecular formula is C59H48N2OS. The molecule has 3 unspecified atom stereocenters. The quantitative estimate of drug-likeness (QED) is 0.135. The maximum atomic E-state index is 7.12. The normalized spacial score (nSPS) is 15.9. The Balaban J connectivity index is 1.09. The molecule has 10 aromatic rings. The molecule has 63 heavy (non-hydrogen) atoms. The minimum absolute atomic E-state index is 0.0451. The molecule has 0 saturated carbocycles. The van der Waals surface area contributed by atoms with E-state index >= 15 is 0 Å². The zero-order valence-electron chi connectivity index (χ0n) is 35.9. The maximum absolute atomic E-state index is 7.12. The van der Waals surface area contributed by atoms with Gasteiger partial charge in [0.2, 0.25) is 0 Å². The van der Waals surface area contributed by atoms with Crippen LogP contribution >= 0.6 is 11.3 Å². The topological polar surface area (TPSA) is 37.9 Å². The highest BCUT2D eigenvalue weighted by Gasteiger charge is 2.34. The highest BCUT2D eigenvalue weighted by Crippen LogP contribution is 2.47. The van der Waals surface area contributed by atoms with Crippen molar-refractivity contribution in [2.45, 2.75) is 52.0 Å². The summed E-state index contributed by atoms with van der Waals surface area (Å²) in [6.45, 7) is 6.84. The Bertz CT molecular complexity index is 3370. The number of furan rings is 1. The van der Waals surface area contributed by atoms with E-state index in [1.807, 2.05) is 11.3 Å². The van der Waals surface area contributed by atoms with Gasteiger partial charge in [0.05, 0.1) is 11.8 Å². The molecule has 306 valence electrons. The van der Waals surface area contributed by atoms with E-state index in [2.05, 4.69) is 203 Å². The third-order valence-electron chi connectivity index (χ3n) is 13.3. The zero-order valence-corrected chi connectivity index (χ0v) is 36.7. The van der Waals surface area contributed by atoms with Crippen LogP contribution in [0.25, 0.3) is 64.4 Å². The Hall–Kier alpha value is -6.88. The van der Waals surface area contributed by atoms with Crippen molar-refractivity contribution in [3.8, 4) is 22.3 Å². The Labute approximate surface area is 373 Å². The molecule has 0 bridgehead atoms. The lowest BCUT2D eigenvalue weighted by atomic mass is 9.79. The standard InChI is InChI=1S/C59H48N2OS/c1-4-39(35-38-20-8-6-9-21-38)54-46(43-24-13-12-19-37(43)3)26-16-27-47(54)48-28-17-30-50-55-49(29-18-31-51(55)62-58(48)50)57-42(5-2)56(60-59(61-57)40-22-10-7-11-23-40)41-33-34-45-44-25-14-15-32-52(44)63-53(45)36-41/h6-34,36,39,42,57H,4-5,35H2,1-3H3. The summed E-state index contributed by atoms with van der Waals surface area (Å²) in [5.41, 5.74) is 15.1. The summed E-state index contributed by atoms with van der Waals surface area (Å²) in [6.07, 6.45) is 2.84. The van der Waals surface area contributed by atoms with Crippen molar-refractivity contribution in [3.63, 3.8) is 0 Å². The van der Waals surface area contributed by atoms with Crippen LogP contribution in [0.5, 0.6) is 0 Å². The van der Waals surface area contributed by atoms with E-state index in [1.54, 1.807) is 0 Å². The summed E-state index contributed by atoms with van der Waals surface area (Å²) in [4.78, 5) is 11.0. The van der Waals surface area contributed by atoms with E-state index in [1.165, 1.54) is 59.1 Å². The molecule has 2 aromatic heterocycles. The van der Waals surface area contributed by atoms with Crippen LogP contribution < -0.4 is 0 Å². The SMILES string of the molecule is CCC(Cc1ccccc1)c1c(-c2ccccc2C)cccc1-c1cccc2c1oc1cccc(C3N=C(c4ccccc4)N=C(c4ccc5c(c4)sc4ccccc45)C3CC)c12. The number of nitrogens with zero attached hydrogens (tertiary/aromatic N) is 2. The first-order valence-electron chi connectivity index (χ1n) is 22.4. The average Bonchev–Trinajstić information content (AvgIpc) is 3.92.